The van der Waals surface area contributed by atoms with Crippen molar-refractivity contribution in [1.29, 1.82) is 5.41 Å². The fourth-order valence-electron chi connectivity index (χ4n) is 3.93. The van der Waals surface area contributed by atoms with Crippen molar-refractivity contribution in [3.8, 4) is 17.2 Å². The maximum absolute atomic E-state index is 12.9. The summed E-state index contributed by atoms with van der Waals surface area (Å²) in [5, 5.41) is 11.2. The third kappa shape index (κ3) is 5.69. The molecule has 3 aromatic rings. The number of amidine groups is 2. The topological polar surface area (TPSA) is 84.2 Å². The Hall–Kier alpha value is -3.82. The van der Waals surface area contributed by atoms with Gasteiger partial charge in [0.05, 0.1) is 17.9 Å². The van der Waals surface area contributed by atoms with E-state index in [-0.39, 0.29) is 11.4 Å². The standard InChI is InChI=1S/C29H24BrN3O4S/c1-2-35-26-17-19(8-13-25(26)37-15-14-36-22-11-9-21(30)10-12-22)16-23-27(31)33-24(20-6-4-3-5-7-20)18-38-29(33)32-28(23)34/h3-13,16-18,31H,2,14-15H2,1H3/b23-16-,31-27?. The number of nitrogens with zero attached hydrogens (tertiary/aromatic N) is 2. The molecule has 3 aromatic carbocycles. The molecule has 0 saturated carbocycles. The van der Waals surface area contributed by atoms with Crippen LogP contribution in [-0.2, 0) is 4.79 Å². The van der Waals surface area contributed by atoms with Crippen molar-refractivity contribution in [3.05, 3.63) is 99.4 Å². The molecule has 0 atom stereocenters. The third-order valence-corrected chi connectivity index (χ3v) is 7.04. The highest BCUT2D eigenvalue weighted by molar-refractivity contribution is 9.10. The molecule has 0 spiro atoms. The number of halogens is 1. The summed E-state index contributed by atoms with van der Waals surface area (Å²) < 4.78 is 18.4. The van der Waals surface area contributed by atoms with E-state index in [1.807, 2.05) is 73.0 Å². The smallest absolute Gasteiger partial charge is 0.283 e. The summed E-state index contributed by atoms with van der Waals surface area (Å²) >= 11 is 4.75. The van der Waals surface area contributed by atoms with Gasteiger partial charge in [-0.25, -0.2) is 0 Å². The number of carbonyl (C=O) groups excluding carboxylic acids is 1. The van der Waals surface area contributed by atoms with Crippen LogP contribution in [0.1, 0.15) is 18.1 Å². The van der Waals surface area contributed by atoms with E-state index in [0.29, 0.717) is 42.1 Å². The maximum Gasteiger partial charge on any atom is 0.283 e. The van der Waals surface area contributed by atoms with Crippen LogP contribution in [0.3, 0.4) is 0 Å². The molecule has 0 saturated heterocycles. The van der Waals surface area contributed by atoms with Crippen LogP contribution in [0, 0.1) is 5.41 Å². The van der Waals surface area contributed by atoms with Gasteiger partial charge in [-0.15, -0.1) is 0 Å². The summed E-state index contributed by atoms with van der Waals surface area (Å²) in [7, 11) is 0. The summed E-state index contributed by atoms with van der Waals surface area (Å²) in [6.07, 6.45) is 1.67. The summed E-state index contributed by atoms with van der Waals surface area (Å²) in [6.45, 7) is 3.05. The molecule has 5 rings (SSSR count). The summed E-state index contributed by atoms with van der Waals surface area (Å²) in [6, 6.07) is 22.8. The van der Waals surface area contributed by atoms with Gasteiger partial charge in [-0.2, -0.15) is 4.99 Å². The molecule has 1 N–H and O–H groups in total. The van der Waals surface area contributed by atoms with Crippen LogP contribution in [-0.4, -0.2) is 41.6 Å². The highest BCUT2D eigenvalue weighted by atomic mass is 79.9. The van der Waals surface area contributed by atoms with Crippen molar-refractivity contribution in [2.75, 3.05) is 19.8 Å². The second-order valence-electron chi connectivity index (χ2n) is 8.22. The van der Waals surface area contributed by atoms with Crippen molar-refractivity contribution in [2.24, 2.45) is 4.99 Å². The number of aliphatic imine (C=N–C) groups is 1. The predicted octanol–water partition coefficient (Wildman–Crippen LogP) is 6.61. The first-order chi connectivity index (χ1) is 18.5. The number of rotatable bonds is 9. The monoisotopic (exact) mass is 589 g/mol. The zero-order valence-electron chi connectivity index (χ0n) is 20.5. The highest BCUT2D eigenvalue weighted by Gasteiger charge is 2.36. The van der Waals surface area contributed by atoms with Gasteiger partial charge in [0, 0.05) is 9.88 Å². The molecular weight excluding hydrogens is 566 g/mol. The lowest BCUT2D eigenvalue weighted by Crippen LogP contribution is -2.38. The minimum Gasteiger partial charge on any atom is -0.490 e. The van der Waals surface area contributed by atoms with Crippen LogP contribution in [0.4, 0.5) is 0 Å². The molecule has 0 fully saturated rings. The Kier molecular flexibility index (Phi) is 7.95. The molecule has 0 bridgehead atoms. The minimum atomic E-state index is -0.445. The summed E-state index contributed by atoms with van der Waals surface area (Å²) in [5.74, 6) is 1.52. The molecule has 2 aliphatic rings. The molecule has 9 heteroatoms. The fourth-order valence-corrected chi connectivity index (χ4v) is 5.08. The Labute approximate surface area is 233 Å². The largest absolute Gasteiger partial charge is 0.490 e. The number of carbonyl (C=O) groups is 1. The van der Waals surface area contributed by atoms with Gasteiger partial charge < -0.3 is 14.2 Å². The molecule has 2 heterocycles. The summed E-state index contributed by atoms with van der Waals surface area (Å²) in [4.78, 5) is 18.8. The molecule has 0 aliphatic carbocycles. The Morgan fingerprint density at radius 2 is 1.74 bits per heavy atom. The quantitative estimate of drug-likeness (QED) is 0.223. The zero-order chi connectivity index (χ0) is 26.5. The van der Waals surface area contributed by atoms with Crippen LogP contribution in [0.25, 0.3) is 11.8 Å². The maximum atomic E-state index is 12.9. The van der Waals surface area contributed by atoms with Crippen molar-refractivity contribution in [2.45, 2.75) is 6.92 Å². The van der Waals surface area contributed by atoms with Crippen molar-refractivity contribution in [3.63, 3.8) is 0 Å². The average Bonchev–Trinajstić information content (AvgIpc) is 3.35. The van der Waals surface area contributed by atoms with Gasteiger partial charge in [0.25, 0.3) is 5.91 Å². The normalized spacial score (nSPS) is 15.7. The van der Waals surface area contributed by atoms with E-state index in [0.717, 1.165) is 21.5 Å². The van der Waals surface area contributed by atoms with E-state index in [1.165, 1.54) is 11.8 Å². The Morgan fingerprint density at radius 3 is 2.50 bits per heavy atom. The number of amides is 1. The molecule has 38 heavy (non-hydrogen) atoms. The molecule has 1 amide bonds. The number of ether oxygens (including phenoxy) is 3. The summed E-state index contributed by atoms with van der Waals surface area (Å²) in [5.41, 5.74) is 2.68. The number of nitrogens with one attached hydrogen (secondary N) is 1. The lowest BCUT2D eigenvalue weighted by molar-refractivity contribution is -0.114. The molecule has 0 aromatic heterocycles. The van der Waals surface area contributed by atoms with E-state index in [2.05, 4.69) is 20.9 Å². The van der Waals surface area contributed by atoms with Crippen molar-refractivity contribution in [1.82, 2.24) is 4.90 Å². The first kappa shape index (κ1) is 25.8. The number of thioether (sulfide) groups is 1. The SMILES string of the molecule is CCOc1cc(/C=C2/C(=N)N3C(c4ccccc4)=CSC3=NC2=O)ccc1OCCOc1ccc(Br)cc1. The molecule has 2 aliphatic heterocycles. The van der Waals surface area contributed by atoms with Gasteiger partial charge in [0.1, 0.15) is 24.8 Å². The van der Waals surface area contributed by atoms with Crippen molar-refractivity contribution >= 4 is 56.4 Å². The zero-order valence-corrected chi connectivity index (χ0v) is 22.9. The highest BCUT2D eigenvalue weighted by Crippen LogP contribution is 2.37. The Balaban J connectivity index is 1.32. The van der Waals surface area contributed by atoms with Crippen LogP contribution in [0.2, 0.25) is 0 Å². The Bertz CT molecular complexity index is 1450. The number of hydrogen-bond donors (Lipinski definition) is 1. The van der Waals surface area contributed by atoms with Gasteiger partial charge in [0.2, 0.25) is 0 Å². The van der Waals surface area contributed by atoms with E-state index in [9.17, 15) is 4.79 Å². The van der Waals surface area contributed by atoms with Crippen LogP contribution >= 0.6 is 27.7 Å². The third-order valence-electron chi connectivity index (χ3n) is 5.69. The van der Waals surface area contributed by atoms with E-state index >= 15 is 0 Å². The van der Waals surface area contributed by atoms with Crippen LogP contribution < -0.4 is 14.2 Å². The second kappa shape index (κ2) is 11.7. The molecular formula is C29H24BrN3O4S. The van der Waals surface area contributed by atoms with Gasteiger partial charge in [0.15, 0.2) is 16.7 Å². The molecule has 7 nitrogen and oxygen atoms in total. The minimum absolute atomic E-state index is 0.0866. The Morgan fingerprint density at radius 1 is 0.974 bits per heavy atom. The van der Waals surface area contributed by atoms with E-state index in [1.54, 1.807) is 23.1 Å². The lowest BCUT2D eigenvalue weighted by atomic mass is 10.1. The van der Waals surface area contributed by atoms with Crippen LogP contribution in [0.15, 0.2) is 93.2 Å². The van der Waals surface area contributed by atoms with E-state index in [4.69, 9.17) is 19.6 Å². The molecule has 0 unspecified atom stereocenters. The van der Waals surface area contributed by atoms with Crippen LogP contribution in [0.5, 0.6) is 17.2 Å². The van der Waals surface area contributed by atoms with Gasteiger partial charge in [-0.3, -0.25) is 15.1 Å². The first-order valence-corrected chi connectivity index (χ1v) is 13.6. The molecule has 0 radical (unpaired) electrons. The van der Waals surface area contributed by atoms with E-state index < -0.39 is 5.91 Å². The van der Waals surface area contributed by atoms with Gasteiger partial charge >= 0.3 is 0 Å². The van der Waals surface area contributed by atoms with Gasteiger partial charge in [-0.05, 0) is 60.5 Å². The first-order valence-electron chi connectivity index (χ1n) is 12.0. The second-order valence-corrected chi connectivity index (χ2v) is 9.97. The predicted molar refractivity (Wildman–Crippen MR) is 155 cm³/mol. The van der Waals surface area contributed by atoms with Gasteiger partial charge in [-0.1, -0.05) is 64.1 Å². The van der Waals surface area contributed by atoms with Crippen molar-refractivity contribution < 1.29 is 19.0 Å². The number of benzene rings is 3. The fraction of sp³-hybridized carbons (Fsp3) is 0.138. The lowest BCUT2D eigenvalue weighted by Gasteiger charge is -2.27. The number of fused-ring (bicyclic) bond motifs is 1. The number of hydrogen-bond acceptors (Lipinski definition) is 6. The average molecular weight is 590 g/mol. The molecule has 192 valence electrons.